The first-order chi connectivity index (χ1) is 11.6. The summed E-state index contributed by atoms with van der Waals surface area (Å²) < 4.78 is 5.11. The van der Waals surface area contributed by atoms with Crippen LogP contribution in [0.2, 0.25) is 0 Å². The van der Waals surface area contributed by atoms with Gasteiger partial charge in [-0.3, -0.25) is 9.79 Å². The summed E-state index contributed by atoms with van der Waals surface area (Å²) in [6.45, 7) is 4.16. The monoisotopic (exact) mass is 332 g/mol. The predicted molar refractivity (Wildman–Crippen MR) is 97.3 cm³/mol. The van der Waals surface area contributed by atoms with Gasteiger partial charge in [-0.05, 0) is 37.5 Å². The lowest BCUT2D eigenvalue weighted by Gasteiger charge is -2.27. The molecule has 24 heavy (non-hydrogen) atoms. The lowest BCUT2D eigenvalue weighted by Crippen LogP contribution is -2.43. The van der Waals surface area contributed by atoms with Crippen LogP contribution in [-0.2, 0) is 16.1 Å². The quantitative estimate of drug-likeness (QED) is 0.617. The molecule has 0 radical (unpaired) electrons. The maximum Gasteiger partial charge on any atom is 0.226 e. The average Bonchev–Trinajstić information content (AvgIpc) is 2.60. The first kappa shape index (κ1) is 18.3. The summed E-state index contributed by atoms with van der Waals surface area (Å²) in [5.74, 6) is 0.971. The molecule has 0 spiro atoms. The summed E-state index contributed by atoms with van der Waals surface area (Å²) in [4.78, 5) is 18.1. The normalized spacial score (nSPS) is 16.9. The van der Waals surface area contributed by atoms with Crippen molar-refractivity contribution in [1.29, 1.82) is 0 Å². The minimum atomic E-state index is 0.189. The van der Waals surface area contributed by atoms with Crippen LogP contribution in [0.5, 0.6) is 0 Å². The van der Waals surface area contributed by atoms with Gasteiger partial charge in [0.1, 0.15) is 0 Å². The molecule has 132 valence electrons. The number of aliphatic imine (C=N–C) groups is 1. The summed E-state index contributed by atoms with van der Waals surface area (Å²) in [6, 6.07) is 8.33. The topological polar surface area (TPSA) is 66.0 Å². The fourth-order valence-corrected chi connectivity index (χ4v) is 2.78. The van der Waals surface area contributed by atoms with E-state index >= 15 is 0 Å². The Balaban J connectivity index is 1.88. The number of benzene rings is 1. The number of ether oxygens (including phenoxy) is 1. The van der Waals surface area contributed by atoms with E-state index in [4.69, 9.17) is 4.74 Å². The average molecular weight is 332 g/mol. The molecule has 1 aliphatic heterocycles. The van der Waals surface area contributed by atoms with Crippen LogP contribution in [0.4, 0.5) is 5.69 Å². The minimum absolute atomic E-state index is 0.189. The first-order valence-corrected chi connectivity index (χ1v) is 8.49. The van der Waals surface area contributed by atoms with Crippen molar-refractivity contribution in [2.75, 3.05) is 32.2 Å². The van der Waals surface area contributed by atoms with Gasteiger partial charge in [0.25, 0.3) is 0 Å². The molecule has 0 bridgehead atoms. The van der Waals surface area contributed by atoms with Crippen LogP contribution in [0.3, 0.4) is 0 Å². The van der Waals surface area contributed by atoms with E-state index < -0.39 is 0 Å². The molecular formula is C18H28N4O2. The van der Waals surface area contributed by atoms with E-state index in [1.165, 1.54) is 0 Å². The van der Waals surface area contributed by atoms with Gasteiger partial charge in [0.15, 0.2) is 5.96 Å². The molecule has 0 aromatic heterocycles. The Morgan fingerprint density at radius 1 is 1.33 bits per heavy atom. The number of hydrogen-bond acceptors (Lipinski definition) is 3. The molecule has 6 heteroatoms. The number of guanidine groups is 1. The van der Waals surface area contributed by atoms with Crippen molar-refractivity contribution in [3.8, 4) is 0 Å². The first-order valence-electron chi connectivity index (χ1n) is 8.49. The van der Waals surface area contributed by atoms with Gasteiger partial charge in [0.05, 0.1) is 6.61 Å². The molecule has 1 saturated heterocycles. The molecular weight excluding hydrogens is 304 g/mol. The zero-order valence-electron chi connectivity index (χ0n) is 14.8. The molecule has 1 aromatic rings. The van der Waals surface area contributed by atoms with Crippen molar-refractivity contribution in [1.82, 2.24) is 10.6 Å². The van der Waals surface area contributed by atoms with Crippen LogP contribution >= 0.6 is 0 Å². The fourth-order valence-electron chi connectivity index (χ4n) is 2.78. The summed E-state index contributed by atoms with van der Waals surface area (Å²) in [5.41, 5.74) is 2.13. The molecule has 6 nitrogen and oxygen atoms in total. The highest BCUT2D eigenvalue weighted by molar-refractivity contribution is 5.93. The van der Waals surface area contributed by atoms with Gasteiger partial charge < -0.3 is 20.3 Å². The SMILES string of the molecule is CN=C(NCc1ccc(N2CCCCC2=O)cc1)NC(C)COC. The number of anilines is 1. The van der Waals surface area contributed by atoms with Gasteiger partial charge in [0.2, 0.25) is 5.91 Å². The third-order valence-electron chi connectivity index (χ3n) is 4.05. The van der Waals surface area contributed by atoms with Crippen LogP contribution < -0.4 is 15.5 Å². The van der Waals surface area contributed by atoms with Crippen molar-refractivity contribution in [3.05, 3.63) is 29.8 Å². The van der Waals surface area contributed by atoms with Crippen molar-refractivity contribution in [2.45, 2.75) is 38.8 Å². The molecule has 1 atom stereocenters. The smallest absolute Gasteiger partial charge is 0.226 e. The van der Waals surface area contributed by atoms with Crippen LogP contribution in [0.25, 0.3) is 0 Å². The number of methoxy groups -OCH3 is 1. The fraction of sp³-hybridized carbons (Fsp3) is 0.556. The Morgan fingerprint density at radius 3 is 2.71 bits per heavy atom. The second-order valence-corrected chi connectivity index (χ2v) is 6.10. The summed E-state index contributed by atoms with van der Waals surface area (Å²) in [5, 5.41) is 6.55. The van der Waals surface area contributed by atoms with Gasteiger partial charge in [-0.2, -0.15) is 0 Å². The summed E-state index contributed by atoms with van der Waals surface area (Å²) in [6.07, 6.45) is 2.74. The van der Waals surface area contributed by atoms with Crippen LogP contribution in [0.15, 0.2) is 29.3 Å². The maximum atomic E-state index is 12.0. The van der Waals surface area contributed by atoms with E-state index in [9.17, 15) is 4.79 Å². The molecule has 1 aromatic carbocycles. The van der Waals surface area contributed by atoms with Gasteiger partial charge in [0, 0.05) is 45.4 Å². The zero-order chi connectivity index (χ0) is 17.4. The molecule has 1 fully saturated rings. The second kappa shape index (κ2) is 9.27. The Bertz CT molecular complexity index is 557. The number of carbonyl (C=O) groups excluding carboxylic acids is 1. The molecule has 1 amide bonds. The molecule has 1 unspecified atom stereocenters. The Morgan fingerprint density at radius 2 is 2.08 bits per heavy atom. The lowest BCUT2D eigenvalue weighted by molar-refractivity contribution is -0.119. The van der Waals surface area contributed by atoms with Crippen LogP contribution in [0, 0.1) is 0 Å². The third kappa shape index (κ3) is 5.23. The highest BCUT2D eigenvalue weighted by Gasteiger charge is 2.19. The van der Waals surface area contributed by atoms with E-state index in [0.717, 1.165) is 36.6 Å². The van der Waals surface area contributed by atoms with Crippen molar-refractivity contribution >= 4 is 17.6 Å². The summed E-state index contributed by atoms with van der Waals surface area (Å²) in [7, 11) is 3.43. The number of piperidine rings is 1. The van der Waals surface area contributed by atoms with Gasteiger partial charge in [-0.15, -0.1) is 0 Å². The zero-order valence-corrected chi connectivity index (χ0v) is 14.8. The van der Waals surface area contributed by atoms with E-state index in [1.54, 1.807) is 14.2 Å². The number of carbonyl (C=O) groups is 1. The largest absolute Gasteiger partial charge is 0.383 e. The minimum Gasteiger partial charge on any atom is -0.383 e. The third-order valence-corrected chi connectivity index (χ3v) is 4.05. The van der Waals surface area contributed by atoms with Gasteiger partial charge in [-0.1, -0.05) is 12.1 Å². The molecule has 0 aliphatic carbocycles. The summed E-state index contributed by atoms with van der Waals surface area (Å²) >= 11 is 0. The van der Waals surface area contributed by atoms with E-state index in [-0.39, 0.29) is 11.9 Å². The van der Waals surface area contributed by atoms with Gasteiger partial charge in [-0.25, -0.2) is 0 Å². The molecule has 2 N–H and O–H groups in total. The molecule has 1 heterocycles. The van der Waals surface area contributed by atoms with E-state index in [2.05, 4.69) is 27.8 Å². The van der Waals surface area contributed by atoms with Crippen molar-refractivity contribution in [2.24, 2.45) is 4.99 Å². The highest BCUT2D eigenvalue weighted by Crippen LogP contribution is 2.21. The highest BCUT2D eigenvalue weighted by atomic mass is 16.5. The van der Waals surface area contributed by atoms with Crippen molar-refractivity contribution in [3.63, 3.8) is 0 Å². The van der Waals surface area contributed by atoms with E-state index in [1.807, 2.05) is 24.0 Å². The molecule has 1 aliphatic rings. The molecule has 2 rings (SSSR count). The number of amides is 1. The second-order valence-electron chi connectivity index (χ2n) is 6.10. The number of hydrogen-bond donors (Lipinski definition) is 2. The number of rotatable bonds is 6. The Hall–Kier alpha value is -2.08. The lowest BCUT2D eigenvalue weighted by atomic mass is 10.1. The number of nitrogens with one attached hydrogen (secondary N) is 2. The Labute approximate surface area is 144 Å². The predicted octanol–water partition coefficient (Wildman–Crippen LogP) is 1.90. The van der Waals surface area contributed by atoms with Gasteiger partial charge >= 0.3 is 0 Å². The maximum absolute atomic E-state index is 12.0. The van der Waals surface area contributed by atoms with E-state index in [0.29, 0.717) is 19.6 Å². The van der Waals surface area contributed by atoms with Crippen LogP contribution in [-0.4, -0.2) is 45.2 Å². The standard InChI is InChI=1S/C18H28N4O2/c1-14(13-24-3)21-18(19-2)20-12-15-7-9-16(10-8-15)22-11-5-4-6-17(22)23/h7-10,14H,4-6,11-13H2,1-3H3,(H2,19,20,21). The van der Waals surface area contributed by atoms with Crippen LogP contribution in [0.1, 0.15) is 31.7 Å². The van der Waals surface area contributed by atoms with Crippen molar-refractivity contribution < 1.29 is 9.53 Å². The Kier molecular flexibility index (Phi) is 7.06. The molecule has 0 saturated carbocycles. The number of nitrogens with zero attached hydrogens (tertiary/aromatic N) is 2.